The van der Waals surface area contributed by atoms with Gasteiger partial charge < -0.3 is 4.42 Å². The number of hydrogen-bond donors (Lipinski definition) is 0. The van der Waals surface area contributed by atoms with Crippen LogP contribution in [-0.2, 0) is 6.42 Å². The fourth-order valence-electron chi connectivity index (χ4n) is 8.92. The highest BCUT2D eigenvalue weighted by atomic mass is 32.2. The van der Waals surface area contributed by atoms with Gasteiger partial charge in [0.25, 0.3) is 0 Å². The van der Waals surface area contributed by atoms with Crippen LogP contribution in [0.2, 0.25) is 0 Å². The van der Waals surface area contributed by atoms with Crippen LogP contribution in [0.4, 0.5) is 0 Å². The molecule has 1 aliphatic heterocycles. The summed E-state index contributed by atoms with van der Waals surface area (Å²) in [4.78, 5) is 12.0. The van der Waals surface area contributed by atoms with E-state index in [2.05, 4.69) is 126 Å². The molecule has 0 radical (unpaired) electrons. The molecule has 0 amide bonds. The van der Waals surface area contributed by atoms with Gasteiger partial charge in [0.05, 0.1) is 27.6 Å². The first-order valence-corrected chi connectivity index (χ1v) is 18.5. The fraction of sp³-hybridized carbons (Fsp3) is 0.182. The van der Waals surface area contributed by atoms with Gasteiger partial charge in [0.2, 0.25) is 5.95 Å². The molecule has 0 saturated heterocycles. The number of nitrogens with zero attached hydrogens (tertiary/aromatic N) is 3. The second kappa shape index (κ2) is 10.7. The lowest BCUT2D eigenvalue weighted by Crippen LogP contribution is -2.15. The Morgan fingerprint density at radius 3 is 2.47 bits per heavy atom. The molecule has 4 aromatic carbocycles. The summed E-state index contributed by atoms with van der Waals surface area (Å²) in [6, 6.07) is 31.9. The van der Waals surface area contributed by atoms with E-state index >= 15 is 0 Å². The number of para-hydroxylation sites is 2. The standard InChI is InChI=1S/C44H33N3OS/c1-2-12-26(13-3-1)40-33-15-4-7-21-35(33)45-44(46-40)47-36-22-8-5-16-34(36)39-37(47)25-24-30-28-17-10-18-29(41(28)48-42(30)39)32-20-11-19-31-27-14-6-9-23-38(27)49-43(31)32/h1-5,7-9,12-13,15-16,18,20-25,27,38H,6,10-11,14,17,19H2. The van der Waals surface area contributed by atoms with Gasteiger partial charge in [0.1, 0.15) is 11.3 Å². The Bertz CT molecular complexity index is 2650. The molecule has 4 aliphatic rings. The topological polar surface area (TPSA) is 43.9 Å². The monoisotopic (exact) mass is 651 g/mol. The molecule has 11 rings (SSSR count). The van der Waals surface area contributed by atoms with Gasteiger partial charge in [-0.05, 0) is 74.3 Å². The van der Waals surface area contributed by atoms with Crippen molar-refractivity contribution < 1.29 is 4.42 Å². The summed E-state index contributed by atoms with van der Waals surface area (Å²) in [6.45, 7) is 0. The lowest BCUT2D eigenvalue weighted by atomic mass is 9.80. The third kappa shape index (κ3) is 4.06. The van der Waals surface area contributed by atoms with E-state index in [0.29, 0.717) is 17.1 Å². The zero-order valence-electron chi connectivity index (χ0n) is 27.0. The van der Waals surface area contributed by atoms with Crippen LogP contribution in [0.1, 0.15) is 43.4 Å². The summed E-state index contributed by atoms with van der Waals surface area (Å²) in [5.74, 6) is 2.42. The molecule has 3 aliphatic carbocycles. The highest BCUT2D eigenvalue weighted by molar-refractivity contribution is 8.04. The predicted octanol–water partition coefficient (Wildman–Crippen LogP) is 11.5. The van der Waals surface area contributed by atoms with Gasteiger partial charge in [0.15, 0.2) is 0 Å². The van der Waals surface area contributed by atoms with Crippen LogP contribution in [0.25, 0.3) is 66.5 Å². The normalized spacial score (nSPS) is 20.2. The molecule has 2 atom stereocenters. The zero-order valence-corrected chi connectivity index (χ0v) is 27.8. The van der Waals surface area contributed by atoms with Crippen LogP contribution < -0.4 is 0 Å². The summed E-state index contributed by atoms with van der Waals surface area (Å²) in [5.41, 5.74) is 11.8. The van der Waals surface area contributed by atoms with Gasteiger partial charge >= 0.3 is 0 Å². The molecular formula is C44H33N3OS. The van der Waals surface area contributed by atoms with Crippen LogP contribution in [0.5, 0.6) is 0 Å². The first-order chi connectivity index (χ1) is 24.3. The van der Waals surface area contributed by atoms with Crippen molar-refractivity contribution in [2.45, 2.75) is 43.8 Å². The third-order valence-corrected chi connectivity index (χ3v) is 12.6. The van der Waals surface area contributed by atoms with Gasteiger partial charge in [-0.2, -0.15) is 0 Å². The van der Waals surface area contributed by atoms with E-state index in [0.717, 1.165) is 74.6 Å². The smallest absolute Gasteiger partial charge is 0.235 e. The van der Waals surface area contributed by atoms with Crippen molar-refractivity contribution in [3.63, 3.8) is 0 Å². The molecule has 5 heteroatoms. The maximum Gasteiger partial charge on any atom is 0.235 e. The lowest BCUT2D eigenvalue weighted by molar-refractivity contribution is 0.551. The van der Waals surface area contributed by atoms with E-state index in [1.54, 1.807) is 5.57 Å². The number of rotatable bonds is 3. The van der Waals surface area contributed by atoms with Crippen molar-refractivity contribution in [2.24, 2.45) is 5.92 Å². The molecule has 0 N–H and O–H groups in total. The SMILES string of the molecule is C1=CC2SC3=C(CCC=C3C3=CCCc4c3oc3c4ccc4c3c3ccccc3n4-c3nc(-c4ccccc4)c4ccccc4n3)C2CC1. The van der Waals surface area contributed by atoms with Gasteiger partial charge in [-0.15, -0.1) is 11.8 Å². The van der Waals surface area contributed by atoms with Gasteiger partial charge in [-0.3, -0.25) is 4.57 Å². The van der Waals surface area contributed by atoms with Crippen molar-refractivity contribution in [1.82, 2.24) is 14.5 Å². The first-order valence-electron chi connectivity index (χ1n) is 17.6. The Morgan fingerprint density at radius 1 is 0.714 bits per heavy atom. The second-order valence-corrected chi connectivity index (χ2v) is 14.9. The molecule has 4 heterocycles. The van der Waals surface area contributed by atoms with Crippen molar-refractivity contribution in [2.75, 3.05) is 0 Å². The van der Waals surface area contributed by atoms with E-state index in [1.165, 1.54) is 46.3 Å². The largest absolute Gasteiger partial charge is 0.455 e. The van der Waals surface area contributed by atoms with Crippen molar-refractivity contribution in [1.29, 1.82) is 0 Å². The van der Waals surface area contributed by atoms with Crippen LogP contribution in [0.15, 0.2) is 136 Å². The number of aromatic nitrogens is 3. The van der Waals surface area contributed by atoms with E-state index in [1.807, 2.05) is 6.07 Å². The van der Waals surface area contributed by atoms with E-state index < -0.39 is 0 Å². The van der Waals surface area contributed by atoms with Crippen molar-refractivity contribution in [3.8, 4) is 17.2 Å². The minimum absolute atomic E-state index is 0.588. The Balaban J connectivity index is 1.12. The zero-order chi connectivity index (χ0) is 32.1. The molecular weight excluding hydrogens is 619 g/mol. The molecule has 7 aromatic rings. The Labute approximate surface area is 288 Å². The minimum Gasteiger partial charge on any atom is -0.455 e. The molecule has 2 unspecified atom stereocenters. The number of furan rings is 1. The third-order valence-electron chi connectivity index (χ3n) is 11.1. The molecule has 236 valence electrons. The first kappa shape index (κ1) is 27.8. The maximum atomic E-state index is 7.15. The van der Waals surface area contributed by atoms with Crippen molar-refractivity contribution in [3.05, 3.63) is 143 Å². The molecule has 4 nitrogen and oxygen atoms in total. The molecule has 0 bridgehead atoms. The minimum atomic E-state index is 0.588. The van der Waals surface area contributed by atoms with E-state index in [-0.39, 0.29) is 0 Å². The van der Waals surface area contributed by atoms with Crippen LogP contribution in [0, 0.1) is 5.92 Å². The van der Waals surface area contributed by atoms with Crippen LogP contribution in [0.3, 0.4) is 0 Å². The highest BCUT2D eigenvalue weighted by Gasteiger charge is 2.39. The van der Waals surface area contributed by atoms with E-state index in [9.17, 15) is 0 Å². The number of hydrogen-bond acceptors (Lipinski definition) is 4. The number of aryl methyl sites for hydroxylation is 1. The average Bonchev–Trinajstić information content (AvgIpc) is 3.84. The number of benzene rings is 4. The number of fused-ring (bicyclic) bond motifs is 10. The number of allylic oxidation sites excluding steroid dienone is 6. The van der Waals surface area contributed by atoms with Crippen LogP contribution >= 0.6 is 11.8 Å². The summed E-state index contributed by atoms with van der Waals surface area (Å²) < 4.78 is 9.38. The Kier molecular flexibility index (Phi) is 6.06. The average molecular weight is 652 g/mol. The Hall–Kier alpha value is -5.13. The van der Waals surface area contributed by atoms with Gasteiger partial charge in [-0.25, -0.2) is 9.97 Å². The number of thioether (sulfide) groups is 1. The summed E-state index contributed by atoms with van der Waals surface area (Å²) in [5, 5.41) is 5.14. The lowest BCUT2D eigenvalue weighted by Gasteiger charge is -2.24. The van der Waals surface area contributed by atoms with Crippen LogP contribution in [-0.4, -0.2) is 19.8 Å². The molecule has 0 spiro atoms. The molecule has 0 saturated carbocycles. The van der Waals surface area contributed by atoms with E-state index in [4.69, 9.17) is 14.4 Å². The highest BCUT2D eigenvalue weighted by Crippen LogP contribution is 2.56. The fourth-order valence-corrected chi connectivity index (χ4v) is 10.6. The maximum absolute atomic E-state index is 7.15. The summed E-state index contributed by atoms with van der Waals surface area (Å²) in [6.07, 6.45) is 16.6. The molecule has 3 aromatic heterocycles. The quantitative estimate of drug-likeness (QED) is 0.178. The predicted molar refractivity (Wildman–Crippen MR) is 203 cm³/mol. The van der Waals surface area contributed by atoms with Gasteiger partial charge in [-0.1, -0.05) is 96.6 Å². The molecule has 49 heavy (non-hydrogen) atoms. The van der Waals surface area contributed by atoms with Gasteiger partial charge in [0, 0.05) is 43.0 Å². The molecule has 0 fully saturated rings. The van der Waals surface area contributed by atoms with Crippen molar-refractivity contribution >= 4 is 61.0 Å². The summed E-state index contributed by atoms with van der Waals surface area (Å²) in [7, 11) is 0. The summed E-state index contributed by atoms with van der Waals surface area (Å²) >= 11 is 2.09. The Morgan fingerprint density at radius 2 is 1.53 bits per heavy atom. The second-order valence-electron chi connectivity index (χ2n) is 13.7.